The van der Waals surface area contributed by atoms with E-state index < -0.39 is 0 Å². The van der Waals surface area contributed by atoms with Crippen molar-refractivity contribution >= 4 is 35.6 Å². The first-order valence-corrected chi connectivity index (χ1v) is 9.17. The summed E-state index contributed by atoms with van der Waals surface area (Å²) in [5.74, 6) is 0.889. The Balaban J connectivity index is 0.00000338. The average molecular weight is 476 g/mol. The molecule has 7 heteroatoms. The number of hydrogen-bond donors (Lipinski definition) is 2. The van der Waals surface area contributed by atoms with Gasteiger partial charge in [0.2, 0.25) is 0 Å². The number of methoxy groups -OCH3 is 1. The van der Waals surface area contributed by atoms with Gasteiger partial charge in [-0.05, 0) is 31.4 Å². The molecule has 6 nitrogen and oxygen atoms in total. The predicted molar refractivity (Wildman–Crippen MR) is 119 cm³/mol. The number of nitrogens with zero attached hydrogens (tertiary/aromatic N) is 2. The summed E-state index contributed by atoms with van der Waals surface area (Å²) in [6, 6.07) is 11.0. The zero-order chi connectivity index (χ0) is 17.7. The molecule has 1 aromatic rings. The van der Waals surface area contributed by atoms with E-state index in [0.717, 1.165) is 51.5 Å². The second kappa shape index (κ2) is 14.1. The normalized spacial score (nSPS) is 17.1. The summed E-state index contributed by atoms with van der Waals surface area (Å²) in [4.78, 5) is 6.75. The van der Waals surface area contributed by atoms with Crippen molar-refractivity contribution in [1.82, 2.24) is 10.6 Å². The number of rotatable bonds is 10. The Hall–Kier alpha value is -1.06. The van der Waals surface area contributed by atoms with Gasteiger partial charge in [-0.25, -0.2) is 0 Å². The van der Waals surface area contributed by atoms with Crippen LogP contribution in [0.4, 0.5) is 5.69 Å². The van der Waals surface area contributed by atoms with Crippen LogP contribution in [0.15, 0.2) is 35.3 Å². The fourth-order valence-corrected chi connectivity index (χ4v) is 2.92. The highest BCUT2D eigenvalue weighted by Gasteiger charge is 2.23. The molecule has 0 aromatic heterocycles. The van der Waals surface area contributed by atoms with Crippen molar-refractivity contribution in [2.75, 3.05) is 58.5 Å². The molecule has 1 atom stereocenters. The van der Waals surface area contributed by atoms with E-state index in [1.165, 1.54) is 5.69 Å². The minimum Gasteiger partial charge on any atom is -0.382 e. The molecule has 1 aliphatic heterocycles. The third kappa shape index (κ3) is 8.55. The van der Waals surface area contributed by atoms with Crippen LogP contribution in [-0.2, 0) is 9.47 Å². The van der Waals surface area contributed by atoms with Crippen LogP contribution in [0.2, 0.25) is 0 Å². The average Bonchev–Trinajstić information content (AvgIpc) is 3.12. The summed E-state index contributed by atoms with van der Waals surface area (Å²) >= 11 is 0. The molecule has 0 saturated carbocycles. The molecule has 0 aliphatic carbocycles. The highest BCUT2D eigenvalue weighted by atomic mass is 127. The minimum atomic E-state index is 0. The number of nitrogens with one attached hydrogen (secondary N) is 2. The van der Waals surface area contributed by atoms with E-state index in [2.05, 4.69) is 50.9 Å². The Morgan fingerprint density at radius 3 is 2.73 bits per heavy atom. The van der Waals surface area contributed by atoms with Gasteiger partial charge in [0.05, 0.1) is 13.2 Å². The molecule has 1 heterocycles. The Morgan fingerprint density at radius 1 is 1.19 bits per heavy atom. The topological polar surface area (TPSA) is 58.1 Å². The van der Waals surface area contributed by atoms with Crippen LogP contribution in [0.3, 0.4) is 0 Å². The van der Waals surface area contributed by atoms with E-state index in [9.17, 15) is 0 Å². The molecule has 1 saturated heterocycles. The number of anilines is 1. The largest absolute Gasteiger partial charge is 0.382 e. The lowest BCUT2D eigenvalue weighted by molar-refractivity contribution is 0.0689. The first-order chi connectivity index (χ1) is 12.3. The number of para-hydroxylation sites is 1. The van der Waals surface area contributed by atoms with E-state index in [1.54, 1.807) is 7.11 Å². The van der Waals surface area contributed by atoms with Crippen LogP contribution in [0.5, 0.6) is 0 Å². The SMILES string of the molecule is CN=C(NCCCCOCCOC)NC1CCN(c2ccccc2)C1.I. The van der Waals surface area contributed by atoms with Gasteiger partial charge in [0, 0.05) is 52.1 Å². The lowest BCUT2D eigenvalue weighted by atomic mass is 10.2. The van der Waals surface area contributed by atoms with Crippen molar-refractivity contribution in [1.29, 1.82) is 0 Å². The van der Waals surface area contributed by atoms with Gasteiger partial charge in [-0.2, -0.15) is 0 Å². The Morgan fingerprint density at radius 2 is 2.00 bits per heavy atom. The number of aliphatic imine (C=N–C) groups is 1. The van der Waals surface area contributed by atoms with E-state index in [-0.39, 0.29) is 24.0 Å². The van der Waals surface area contributed by atoms with Crippen molar-refractivity contribution < 1.29 is 9.47 Å². The van der Waals surface area contributed by atoms with Crippen molar-refractivity contribution in [3.63, 3.8) is 0 Å². The number of hydrogen-bond acceptors (Lipinski definition) is 4. The van der Waals surface area contributed by atoms with Crippen LogP contribution in [-0.4, -0.2) is 65.6 Å². The van der Waals surface area contributed by atoms with Crippen LogP contribution in [0.25, 0.3) is 0 Å². The molecule has 2 N–H and O–H groups in total. The van der Waals surface area contributed by atoms with Gasteiger partial charge in [-0.3, -0.25) is 4.99 Å². The first kappa shape index (κ1) is 23.0. The van der Waals surface area contributed by atoms with Crippen LogP contribution in [0, 0.1) is 0 Å². The van der Waals surface area contributed by atoms with Gasteiger partial charge in [0.15, 0.2) is 5.96 Å². The number of benzene rings is 1. The number of guanidine groups is 1. The van der Waals surface area contributed by atoms with Crippen molar-refractivity contribution in [3.8, 4) is 0 Å². The summed E-state index contributed by atoms with van der Waals surface area (Å²) in [5, 5.41) is 6.93. The molecule has 0 amide bonds. The van der Waals surface area contributed by atoms with Gasteiger partial charge in [-0.1, -0.05) is 18.2 Å². The number of halogens is 1. The van der Waals surface area contributed by atoms with Gasteiger partial charge in [-0.15, -0.1) is 24.0 Å². The molecule has 1 aliphatic rings. The summed E-state index contributed by atoms with van der Waals surface area (Å²) in [6.07, 6.45) is 3.23. The highest BCUT2D eigenvalue weighted by Crippen LogP contribution is 2.19. The van der Waals surface area contributed by atoms with Gasteiger partial charge in [0.25, 0.3) is 0 Å². The molecule has 1 fully saturated rings. The fraction of sp³-hybridized carbons (Fsp3) is 0.632. The summed E-state index contributed by atoms with van der Waals surface area (Å²) < 4.78 is 10.4. The molecule has 0 spiro atoms. The molecule has 0 bridgehead atoms. The standard InChI is InChI=1S/C19H32N4O2.HI/c1-20-19(21-11-6-7-13-25-15-14-24-2)22-17-10-12-23(16-17)18-8-4-3-5-9-18;/h3-5,8-9,17H,6-7,10-16H2,1-2H3,(H2,20,21,22);1H. The second-order valence-electron chi connectivity index (χ2n) is 6.22. The second-order valence-corrected chi connectivity index (χ2v) is 6.22. The maximum Gasteiger partial charge on any atom is 0.191 e. The van der Waals surface area contributed by atoms with E-state index in [0.29, 0.717) is 19.3 Å². The van der Waals surface area contributed by atoms with E-state index in [1.807, 2.05) is 7.05 Å². The monoisotopic (exact) mass is 476 g/mol. The molecular weight excluding hydrogens is 443 g/mol. The maximum absolute atomic E-state index is 5.46. The Bertz CT molecular complexity index is 502. The van der Waals surface area contributed by atoms with Gasteiger partial charge >= 0.3 is 0 Å². The van der Waals surface area contributed by atoms with Gasteiger partial charge < -0.3 is 25.0 Å². The minimum absolute atomic E-state index is 0. The van der Waals surface area contributed by atoms with Crippen LogP contribution in [0.1, 0.15) is 19.3 Å². The van der Waals surface area contributed by atoms with Gasteiger partial charge in [0.1, 0.15) is 0 Å². The first-order valence-electron chi connectivity index (χ1n) is 9.17. The molecule has 148 valence electrons. The molecule has 1 unspecified atom stereocenters. The Kier molecular flexibility index (Phi) is 12.4. The summed E-state index contributed by atoms with van der Waals surface area (Å²) in [6.45, 7) is 5.12. The van der Waals surface area contributed by atoms with Crippen molar-refractivity contribution in [2.45, 2.75) is 25.3 Å². The van der Waals surface area contributed by atoms with Crippen LogP contribution >= 0.6 is 24.0 Å². The third-order valence-electron chi connectivity index (χ3n) is 4.31. The lowest BCUT2D eigenvalue weighted by Crippen LogP contribution is -2.44. The maximum atomic E-state index is 5.46. The zero-order valence-electron chi connectivity index (χ0n) is 15.9. The Labute approximate surface area is 174 Å². The number of ether oxygens (including phenoxy) is 2. The van der Waals surface area contributed by atoms with Crippen molar-refractivity contribution in [3.05, 3.63) is 30.3 Å². The smallest absolute Gasteiger partial charge is 0.191 e. The van der Waals surface area contributed by atoms with E-state index >= 15 is 0 Å². The molecule has 1 aromatic carbocycles. The quantitative estimate of drug-likeness (QED) is 0.235. The van der Waals surface area contributed by atoms with E-state index in [4.69, 9.17) is 9.47 Å². The zero-order valence-corrected chi connectivity index (χ0v) is 18.3. The lowest BCUT2D eigenvalue weighted by Gasteiger charge is -2.20. The summed E-state index contributed by atoms with van der Waals surface area (Å²) in [7, 11) is 3.52. The molecule has 0 radical (unpaired) electrons. The molecular formula is C19H33IN4O2. The number of unbranched alkanes of at least 4 members (excludes halogenated alkanes) is 1. The highest BCUT2D eigenvalue weighted by molar-refractivity contribution is 14.0. The summed E-state index contributed by atoms with van der Waals surface area (Å²) in [5.41, 5.74) is 1.29. The molecule has 2 rings (SSSR count). The molecule has 26 heavy (non-hydrogen) atoms. The predicted octanol–water partition coefficient (Wildman–Crippen LogP) is 2.49. The van der Waals surface area contributed by atoms with Crippen LogP contribution < -0.4 is 15.5 Å². The van der Waals surface area contributed by atoms with Crippen molar-refractivity contribution in [2.24, 2.45) is 4.99 Å². The third-order valence-corrected chi connectivity index (χ3v) is 4.31. The fourth-order valence-electron chi connectivity index (χ4n) is 2.92.